The average molecular weight is 236 g/mol. The summed E-state index contributed by atoms with van der Waals surface area (Å²) in [4.78, 5) is 19.5. The second-order valence-corrected chi connectivity index (χ2v) is 2.77. The zero-order valence-corrected chi connectivity index (χ0v) is 8.37. The van der Waals surface area contributed by atoms with Crippen LogP contribution in [0.15, 0.2) is 11.4 Å². The Bertz CT molecular complexity index is 618. The van der Waals surface area contributed by atoms with Gasteiger partial charge in [0.15, 0.2) is 0 Å². The Morgan fingerprint density at radius 2 is 2.35 bits per heavy atom. The minimum Gasteiger partial charge on any atom is -0.390 e. The Labute approximate surface area is 92.3 Å². The van der Waals surface area contributed by atoms with Crippen LogP contribution in [0.25, 0.3) is 16.4 Å². The molecule has 0 aliphatic heterocycles. The zero-order chi connectivity index (χ0) is 12.4. The van der Waals surface area contributed by atoms with Gasteiger partial charge in [-0.15, -0.1) is 5.10 Å². The molecule has 2 rings (SSSR count). The summed E-state index contributed by atoms with van der Waals surface area (Å²) in [5, 5.41) is 20.9. The topological polar surface area (TPSA) is 153 Å². The molecular weight excluding hydrogens is 232 g/mol. The molecule has 0 saturated carbocycles. The van der Waals surface area contributed by atoms with Crippen molar-refractivity contribution in [2.45, 2.75) is 0 Å². The summed E-state index contributed by atoms with van der Waals surface area (Å²) in [7, 11) is 1.46. The zero-order valence-electron chi connectivity index (χ0n) is 8.37. The van der Waals surface area contributed by atoms with Crippen molar-refractivity contribution < 1.29 is 4.92 Å². The second kappa shape index (κ2) is 3.86. The molecule has 12 heteroatoms. The summed E-state index contributed by atoms with van der Waals surface area (Å²) < 4.78 is 2.27. The average Bonchev–Trinajstić information content (AvgIpc) is 2.85. The summed E-state index contributed by atoms with van der Waals surface area (Å²) >= 11 is 0. The van der Waals surface area contributed by atoms with Crippen molar-refractivity contribution in [1.82, 2.24) is 29.5 Å². The highest BCUT2D eigenvalue weighted by atomic mass is 16.6. The Morgan fingerprint density at radius 1 is 1.59 bits per heavy atom. The van der Waals surface area contributed by atoms with Crippen LogP contribution in [0, 0.1) is 10.1 Å². The molecule has 86 valence electrons. The highest BCUT2D eigenvalue weighted by Gasteiger charge is 2.21. The molecule has 0 fully saturated rings. The lowest BCUT2D eigenvalue weighted by Crippen LogP contribution is -2.04. The molecular formula is C5H4N10O2. The van der Waals surface area contributed by atoms with Gasteiger partial charge in [-0.25, -0.2) is 4.98 Å². The fourth-order valence-corrected chi connectivity index (χ4v) is 1.08. The standard InChI is InChI=1S/C5H4N10O2/c1-13-5(8-4(11-13)15(16)17)14-2-7-3(10-14)9-12-6/h2H,1H3. The third-order valence-corrected chi connectivity index (χ3v) is 1.71. The van der Waals surface area contributed by atoms with Gasteiger partial charge in [-0.3, -0.25) is 0 Å². The van der Waals surface area contributed by atoms with Gasteiger partial charge in [-0.1, -0.05) is 0 Å². The summed E-state index contributed by atoms with van der Waals surface area (Å²) in [6, 6.07) is 0. The van der Waals surface area contributed by atoms with Gasteiger partial charge in [0.25, 0.3) is 0 Å². The predicted molar refractivity (Wildman–Crippen MR) is 51.4 cm³/mol. The third-order valence-electron chi connectivity index (χ3n) is 1.71. The van der Waals surface area contributed by atoms with E-state index in [0.717, 1.165) is 9.36 Å². The molecule has 0 unspecified atom stereocenters. The SMILES string of the molecule is Cn1nc([N+](=O)[O-])nc1-n1cnc(N=[N+]=[N-])n1. The fraction of sp³-hybridized carbons (Fsp3) is 0.200. The molecule has 0 bridgehead atoms. The van der Waals surface area contributed by atoms with Crippen molar-refractivity contribution >= 4 is 11.9 Å². The Morgan fingerprint density at radius 3 is 2.94 bits per heavy atom. The Balaban J connectivity index is 2.45. The summed E-state index contributed by atoms with van der Waals surface area (Å²) in [5.74, 6) is -0.579. The maximum atomic E-state index is 10.5. The monoisotopic (exact) mass is 236 g/mol. The third kappa shape index (κ3) is 1.87. The van der Waals surface area contributed by atoms with Gasteiger partial charge in [-0.2, -0.15) is 9.36 Å². The molecule has 2 heterocycles. The number of nitro groups is 1. The smallest absolute Gasteiger partial charge is 0.390 e. The van der Waals surface area contributed by atoms with E-state index in [-0.39, 0.29) is 11.9 Å². The van der Waals surface area contributed by atoms with E-state index in [4.69, 9.17) is 5.53 Å². The van der Waals surface area contributed by atoms with Crippen molar-refractivity contribution in [3.63, 3.8) is 0 Å². The number of azide groups is 1. The van der Waals surface area contributed by atoms with E-state index in [1.807, 2.05) is 0 Å². The molecule has 0 aliphatic rings. The maximum absolute atomic E-state index is 10.5. The first-order valence-electron chi connectivity index (χ1n) is 4.14. The number of aromatic nitrogens is 6. The molecule has 2 aromatic rings. The van der Waals surface area contributed by atoms with E-state index >= 15 is 0 Å². The highest BCUT2D eigenvalue weighted by Crippen LogP contribution is 2.10. The number of hydrogen-bond acceptors (Lipinski definition) is 7. The van der Waals surface area contributed by atoms with Gasteiger partial charge in [0.05, 0.1) is 0 Å². The maximum Gasteiger partial charge on any atom is 0.493 e. The first kappa shape index (κ1) is 10.5. The molecule has 17 heavy (non-hydrogen) atoms. The predicted octanol–water partition coefficient (Wildman–Crippen LogP) is 0.246. The molecule has 2 aromatic heterocycles. The van der Waals surface area contributed by atoms with Crippen molar-refractivity contribution in [2.24, 2.45) is 12.2 Å². The Hall–Kier alpha value is -3.01. The van der Waals surface area contributed by atoms with E-state index < -0.39 is 10.9 Å². The molecule has 0 aromatic carbocycles. The molecule has 12 nitrogen and oxygen atoms in total. The summed E-state index contributed by atoms with van der Waals surface area (Å²) in [6.45, 7) is 0. The number of aryl methyl sites for hydroxylation is 1. The van der Waals surface area contributed by atoms with Crippen LogP contribution in [0.1, 0.15) is 0 Å². The van der Waals surface area contributed by atoms with Gasteiger partial charge in [0.2, 0.25) is 5.95 Å². The Kier molecular flexibility index (Phi) is 2.39. The molecule has 0 aliphatic carbocycles. The van der Waals surface area contributed by atoms with E-state index in [1.165, 1.54) is 13.4 Å². The molecule has 0 radical (unpaired) electrons. The van der Waals surface area contributed by atoms with E-state index in [1.54, 1.807) is 0 Å². The number of nitrogens with zero attached hydrogens (tertiary/aromatic N) is 10. The van der Waals surface area contributed by atoms with Crippen LogP contribution in [-0.2, 0) is 7.05 Å². The van der Waals surface area contributed by atoms with Gasteiger partial charge in [-0.05, 0) is 20.6 Å². The van der Waals surface area contributed by atoms with Crippen LogP contribution < -0.4 is 0 Å². The lowest BCUT2D eigenvalue weighted by molar-refractivity contribution is -0.394. The van der Waals surface area contributed by atoms with E-state index in [9.17, 15) is 10.1 Å². The van der Waals surface area contributed by atoms with Crippen LogP contribution in [0.4, 0.5) is 11.9 Å². The van der Waals surface area contributed by atoms with Crippen molar-refractivity contribution in [1.29, 1.82) is 0 Å². The quantitative estimate of drug-likeness (QED) is 0.244. The lowest BCUT2D eigenvalue weighted by atomic mass is 10.9. The molecule has 0 spiro atoms. The molecule has 0 N–H and O–H groups in total. The largest absolute Gasteiger partial charge is 0.493 e. The lowest BCUT2D eigenvalue weighted by Gasteiger charge is -1.90. The summed E-state index contributed by atoms with van der Waals surface area (Å²) in [5.41, 5.74) is 8.18. The summed E-state index contributed by atoms with van der Waals surface area (Å²) in [6.07, 6.45) is 1.21. The van der Waals surface area contributed by atoms with E-state index in [2.05, 4.69) is 30.2 Å². The van der Waals surface area contributed by atoms with E-state index in [0.29, 0.717) is 0 Å². The minimum absolute atomic E-state index is 0.0867. The van der Waals surface area contributed by atoms with Gasteiger partial charge in [0, 0.05) is 17.1 Å². The molecule has 0 amide bonds. The van der Waals surface area contributed by atoms with Crippen molar-refractivity contribution in [3.05, 3.63) is 26.9 Å². The van der Waals surface area contributed by atoms with Crippen molar-refractivity contribution in [3.8, 4) is 5.95 Å². The van der Waals surface area contributed by atoms with Crippen LogP contribution >= 0.6 is 0 Å². The van der Waals surface area contributed by atoms with Crippen LogP contribution in [-0.4, -0.2) is 34.5 Å². The van der Waals surface area contributed by atoms with Crippen molar-refractivity contribution in [2.75, 3.05) is 0 Å². The fourth-order valence-electron chi connectivity index (χ4n) is 1.08. The number of hydrogen-bond donors (Lipinski definition) is 0. The minimum atomic E-state index is -0.727. The highest BCUT2D eigenvalue weighted by molar-refractivity contribution is 5.19. The number of rotatable bonds is 3. The van der Waals surface area contributed by atoms with Gasteiger partial charge >= 0.3 is 11.9 Å². The van der Waals surface area contributed by atoms with Crippen LogP contribution in [0.2, 0.25) is 0 Å². The first-order valence-corrected chi connectivity index (χ1v) is 4.14. The molecule has 0 saturated heterocycles. The first-order chi connectivity index (χ1) is 8.11. The normalized spacial score (nSPS) is 9.94. The van der Waals surface area contributed by atoms with Crippen LogP contribution in [0.3, 0.4) is 0 Å². The molecule has 0 atom stereocenters. The van der Waals surface area contributed by atoms with Gasteiger partial charge in [0.1, 0.15) is 6.33 Å². The van der Waals surface area contributed by atoms with Gasteiger partial charge < -0.3 is 10.1 Å². The second-order valence-electron chi connectivity index (χ2n) is 2.77. The van der Waals surface area contributed by atoms with Crippen LogP contribution in [0.5, 0.6) is 0 Å².